The number of halogens is 2. The van der Waals surface area contributed by atoms with Gasteiger partial charge < -0.3 is 14.6 Å². The molecule has 0 aliphatic carbocycles. The number of benzene rings is 2. The zero-order chi connectivity index (χ0) is 23.4. The third-order valence-electron chi connectivity index (χ3n) is 5.38. The Morgan fingerprint density at radius 3 is 2.64 bits per heavy atom. The molecule has 1 aromatic heterocycles. The number of nitrogens with one attached hydrogen (secondary N) is 2. The van der Waals surface area contributed by atoms with Crippen LogP contribution in [0.2, 0.25) is 10.0 Å². The van der Waals surface area contributed by atoms with E-state index in [4.69, 9.17) is 39.8 Å². The van der Waals surface area contributed by atoms with E-state index in [0.29, 0.717) is 21.6 Å². The molecule has 33 heavy (non-hydrogen) atoms. The minimum absolute atomic E-state index is 0.196. The van der Waals surface area contributed by atoms with Crippen molar-refractivity contribution in [1.29, 1.82) is 0 Å². The lowest BCUT2D eigenvalue weighted by molar-refractivity contribution is -0.115. The van der Waals surface area contributed by atoms with Crippen LogP contribution in [0.5, 0.6) is 0 Å². The molecule has 0 atom stereocenters. The number of carbonyl (C=O) groups excluding carboxylic acids is 1. The number of hydrogen-bond acceptors (Lipinski definition) is 4. The van der Waals surface area contributed by atoms with E-state index in [9.17, 15) is 4.79 Å². The fraction of sp³-hybridized carbons (Fsp3) is 0.200. The Labute approximate surface area is 208 Å². The number of hydrogen-bond donors (Lipinski definition) is 2. The maximum atomic E-state index is 12.4. The van der Waals surface area contributed by atoms with Crippen molar-refractivity contribution in [2.45, 2.75) is 19.8 Å². The van der Waals surface area contributed by atoms with E-state index in [1.807, 2.05) is 49.4 Å². The van der Waals surface area contributed by atoms with E-state index in [1.165, 1.54) is 6.08 Å². The number of thiocarbonyl (C=S) groups is 1. The Kier molecular flexibility index (Phi) is 7.38. The zero-order valence-corrected chi connectivity index (χ0v) is 20.4. The van der Waals surface area contributed by atoms with Crippen LogP contribution in [0.25, 0.3) is 17.4 Å². The van der Waals surface area contributed by atoms with Crippen molar-refractivity contribution in [3.63, 3.8) is 0 Å². The second-order valence-corrected chi connectivity index (χ2v) is 9.00. The van der Waals surface area contributed by atoms with Gasteiger partial charge >= 0.3 is 0 Å². The highest BCUT2D eigenvalue weighted by Crippen LogP contribution is 2.36. The summed E-state index contributed by atoms with van der Waals surface area (Å²) in [4.78, 5) is 14.6. The Morgan fingerprint density at radius 2 is 1.88 bits per heavy atom. The Bertz CT molecular complexity index is 1220. The SMILES string of the molecule is Cc1ccc(-c2ccc(/C=C/C(=O)NC(=S)Nc3cccc(Cl)c3N3CCCC3)o2)cc1Cl. The van der Waals surface area contributed by atoms with Crippen molar-refractivity contribution in [2.24, 2.45) is 0 Å². The minimum Gasteiger partial charge on any atom is -0.457 e. The standard InChI is InChI=1S/C25H23Cl2N3O2S/c1-16-7-8-17(15-20(16)27)22-11-9-18(32-22)10-12-23(31)29-25(33)28-21-6-4-5-19(26)24(21)30-13-2-3-14-30/h4-12,15H,2-3,13-14H2,1H3,(H2,28,29,31,33)/b12-10+. The van der Waals surface area contributed by atoms with Crippen LogP contribution in [0.1, 0.15) is 24.2 Å². The smallest absolute Gasteiger partial charge is 0.250 e. The molecular formula is C25H23Cl2N3O2S. The Morgan fingerprint density at radius 1 is 1.09 bits per heavy atom. The summed E-state index contributed by atoms with van der Waals surface area (Å²) < 4.78 is 5.81. The average Bonchev–Trinajstić information content (AvgIpc) is 3.47. The lowest BCUT2D eigenvalue weighted by Crippen LogP contribution is -2.33. The molecule has 2 N–H and O–H groups in total. The minimum atomic E-state index is -0.367. The fourth-order valence-electron chi connectivity index (χ4n) is 3.69. The molecule has 0 radical (unpaired) electrons. The quantitative estimate of drug-likeness (QED) is 0.302. The van der Waals surface area contributed by atoms with Gasteiger partial charge in [0.2, 0.25) is 5.91 Å². The maximum Gasteiger partial charge on any atom is 0.250 e. The van der Waals surface area contributed by atoms with Crippen LogP contribution in [-0.4, -0.2) is 24.1 Å². The van der Waals surface area contributed by atoms with Gasteiger partial charge in [-0.1, -0.05) is 41.4 Å². The van der Waals surface area contributed by atoms with Crippen molar-refractivity contribution < 1.29 is 9.21 Å². The first-order chi connectivity index (χ1) is 15.9. The lowest BCUT2D eigenvalue weighted by atomic mass is 10.1. The summed E-state index contributed by atoms with van der Waals surface area (Å²) in [6, 6.07) is 15.0. The molecule has 8 heteroatoms. The van der Waals surface area contributed by atoms with Crippen molar-refractivity contribution in [3.05, 3.63) is 76.0 Å². The normalized spacial score (nSPS) is 13.5. The molecule has 5 nitrogen and oxygen atoms in total. The van der Waals surface area contributed by atoms with E-state index in [-0.39, 0.29) is 11.0 Å². The van der Waals surface area contributed by atoms with Crippen molar-refractivity contribution in [1.82, 2.24) is 5.32 Å². The highest BCUT2D eigenvalue weighted by Gasteiger charge is 2.19. The van der Waals surface area contributed by atoms with E-state index >= 15 is 0 Å². The zero-order valence-electron chi connectivity index (χ0n) is 18.0. The summed E-state index contributed by atoms with van der Waals surface area (Å²) in [5.41, 5.74) is 3.54. The number of aryl methyl sites for hydroxylation is 1. The van der Waals surface area contributed by atoms with Crippen molar-refractivity contribution in [3.8, 4) is 11.3 Å². The topological polar surface area (TPSA) is 57.5 Å². The molecule has 3 aromatic rings. The van der Waals surface area contributed by atoms with E-state index < -0.39 is 0 Å². The molecule has 2 heterocycles. The van der Waals surface area contributed by atoms with Gasteiger partial charge in [-0.15, -0.1) is 0 Å². The number of furan rings is 1. The van der Waals surface area contributed by atoms with Crippen molar-refractivity contribution >= 4 is 63.9 Å². The highest BCUT2D eigenvalue weighted by molar-refractivity contribution is 7.80. The first kappa shape index (κ1) is 23.4. The summed E-state index contributed by atoms with van der Waals surface area (Å²) in [7, 11) is 0. The monoisotopic (exact) mass is 499 g/mol. The van der Waals surface area contributed by atoms with Gasteiger partial charge in [-0.2, -0.15) is 0 Å². The van der Waals surface area contributed by atoms with Gasteiger partial charge in [0.05, 0.1) is 16.4 Å². The van der Waals surface area contributed by atoms with E-state index in [2.05, 4.69) is 15.5 Å². The molecule has 1 fully saturated rings. The van der Waals surface area contributed by atoms with Crippen LogP contribution in [0.4, 0.5) is 11.4 Å². The fourth-order valence-corrected chi connectivity index (χ4v) is 4.37. The molecule has 1 aliphatic rings. The van der Waals surface area contributed by atoms with Crippen LogP contribution in [0, 0.1) is 6.92 Å². The number of carbonyl (C=O) groups is 1. The number of para-hydroxylation sites is 1. The molecule has 1 amide bonds. The molecular weight excluding hydrogens is 477 g/mol. The summed E-state index contributed by atoms with van der Waals surface area (Å²) in [6.45, 7) is 3.83. The van der Waals surface area contributed by atoms with Crippen molar-refractivity contribution in [2.75, 3.05) is 23.3 Å². The number of nitrogens with zero attached hydrogens (tertiary/aromatic N) is 1. The van der Waals surface area contributed by atoms with E-state index in [0.717, 1.165) is 48.4 Å². The second-order valence-electron chi connectivity index (χ2n) is 7.77. The molecule has 0 bridgehead atoms. The van der Waals surface area contributed by atoms with Gasteiger partial charge in [-0.05, 0) is 74.0 Å². The summed E-state index contributed by atoms with van der Waals surface area (Å²) in [5, 5.41) is 7.28. The third kappa shape index (κ3) is 5.77. The largest absolute Gasteiger partial charge is 0.457 e. The van der Waals surface area contributed by atoms with Gasteiger partial charge in [-0.3, -0.25) is 10.1 Å². The first-order valence-electron chi connectivity index (χ1n) is 10.6. The van der Waals surface area contributed by atoms with Gasteiger partial charge in [0.1, 0.15) is 11.5 Å². The van der Waals surface area contributed by atoms with E-state index in [1.54, 1.807) is 12.1 Å². The molecule has 0 saturated carbocycles. The molecule has 170 valence electrons. The van der Waals surface area contributed by atoms with Crippen LogP contribution in [0.15, 0.2) is 59.0 Å². The molecule has 4 rings (SSSR count). The molecule has 1 saturated heterocycles. The average molecular weight is 500 g/mol. The molecule has 0 unspecified atom stereocenters. The van der Waals surface area contributed by atoms with Gasteiger partial charge in [-0.25, -0.2) is 0 Å². The van der Waals surface area contributed by atoms with Gasteiger partial charge in [0.25, 0.3) is 0 Å². The van der Waals surface area contributed by atoms with Gasteiger partial charge in [0.15, 0.2) is 5.11 Å². The predicted molar refractivity (Wildman–Crippen MR) is 140 cm³/mol. The molecule has 1 aliphatic heterocycles. The highest BCUT2D eigenvalue weighted by atomic mass is 35.5. The third-order valence-corrected chi connectivity index (χ3v) is 6.29. The molecule has 2 aromatic carbocycles. The Balaban J connectivity index is 1.38. The predicted octanol–water partition coefficient (Wildman–Crippen LogP) is 6.69. The maximum absolute atomic E-state index is 12.4. The Hall–Kier alpha value is -2.80. The summed E-state index contributed by atoms with van der Waals surface area (Å²) in [5.74, 6) is 0.847. The number of amides is 1. The first-order valence-corrected chi connectivity index (χ1v) is 11.8. The van der Waals surface area contributed by atoms with Crippen LogP contribution >= 0.6 is 35.4 Å². The lowest BCUT2D eigenvalue weighted by Gasteiger charge is -2.23. The number of anilines is 2. The summed E-state index contributed by atoms with van der Waals surface area (Å²) >= 11 is 18.0. The molecule has 0 spiro atoms. The van der Waals surface area contributed by atoms with Crippen LogP contribution in [-0.2, 0) is 4.79 Å². The number of rotatable bonds is 5. The van der Waals surface area contributed by atoms with Gasteiger partial charge in [0, 0.05) is 29.8 Å². The second kappa shape index (κ2) is 10.4. The van der Waals surface area contributed by atoms with Crippen LogP contribution in [0.3, 0.4) is 0 Å². The summed E-state index contributed by atoms with van der Waals surface area (Å²) in [6.07, 6.45) is 5.22. The van der Waals surface area contributed by atoms with Crippen LogP contribution < -0.4 is 15.5 Å².